The predicted molar refractivity (Wildman–Crippen MR) is 169 cm³/mol. The second kappa shape index (κ2) is 12.6. The summed E-state index contributed by atoms with van der Waals surface area (Å²) in [6, 6.07) is 14.3. The van der Waals surface area contributed by atoms with E-state index in [1.165, 1.54) is 11.3 Å². The third kappa shape index (κ3) is 6.27. The number of likely N-dealkylation sites (tertiary alicyclic amines) is 1. The van der Waals surface area contributed by atoms with Crippen LogP contribution in [0, 0.1) is 0 Å². The van der Waals surface area contributed by atoms with Crippen LogP contribution < -0.4 is 10.3 Å². The van der Waals surface area contributed by atoms with Crippen molar-refractivity contribution in [1.29, 1.82) is 0 Å². The Balaban J connectivity index is 1.80. The molecule has 0 spiro atoms. The van der Waals surface area contributed by atoms with Gasteiger partial charge in [0.25, 0.3) is 11.5 Å². The Labute approximate surface area is 253 Å². The van der Waals surface area contributed by atoms with Crippen molar-refractivity contribution in [3.63, 3.8) is 0 Å². The summed E-state index contributed by atoms with van der Waals surface area (Å²) < 4.78 is 7.49. The molecule has 1 saturated heterocycles. The highest BCUT2D eigenvalue weighted by atomic mass is 35.5. The van der Waals surface area contributed by atoms with Gasteiger partial charge in [-0.25, -0.2) is 4.98 Å². The maximum absolute atomic E-state index is 14.4. The van der Waals surface area contributed by atoms with Gasteiger partial charge in [0.05, 0.1) is 34.8 Å². The van der Waals surface area contributed by atoms with Crippen LogP contribution in [0.25, 0.3) is 33.6 Å². The van der Waals surface area contributed by atoms with Gasteiger partial charge in [0.2, 0.25) is 0 Å². The van der Waals surface area contributed by atoms with Crippen molar-refractivity contribution >= 4 is 46.5 Å². The van der Waals surface area contributed by atoms with Crippen molar-refractivity contribution in [2.24, 2.45) is 0 Å². The standard InChI is InChI=1S/C32H31Cl2N3O3S/c1-4-40-29-13-12-23(34)17-28(29)37-27(16-20(2)3)24(31(38)36-14-6-5-7-15-36)18-25(32(37)39)30-35-26(19-41-30)21-8-10-22(33)11-9-21/h8-13,16-19H,4-7,14-15H2,1-3H3. The normalized spacial score (nSPS) is 13.2. The van der Waals surface area contributed by atoms with Crippen LogP contribution in [0.5, 0.6) is 5.75 Å². The third-order valence-electron chi connectivity index (χ3n) is 6.87. The molecule has 6 nitrogen and oxygen atoms in total. The first-order valence-electron chi connectivity index (χ1n) is 13.7. The Bertz CT molecular complexity index is 1660. The first-order chi connectivity index (χ1) is 19.8. The van der Waals surface area contributed by atoms with E-state index in [1.807, 2.05) is 49.3 Å². The molecule has 9 heteroatoms. The minimum absolute atomic E-state index is 0.110. The summed E-state index contributed by atoms with van der Waals surface area (Å²) >= 11 is 13.9. The third-order valence-corrected chi connectivity index (χ3v) is 8.24. The van der Waals surface area contributed by atoms with Gasteiger partial charge in [-0.3, -0.25) is 14.2 Å². The molecule has 5 rings (SSSR count). The van der Waals surface area contributed by atoms with E-state index in [1.54, 1.807) is 41.0 Å². The molecule has 0 saturated carbocycles. The lowest BCUT2D eigenvalue weighted by atomic mass is 10.0. The maximum Gasteiger partial charge on any atom is 0.266 e. The molecule has 0 aliphatic carbocycles. The molecule has 212 valence electrons. The van der Waals surface area contributed by atoms with Gasteiger partial charge in [-0.15, -0.1) is 11.3 Å². The Kier molecular flexibility index (Phi) is 8.97. The average molecular weight is 609 g/mol. The summed E-state index contributed by atoms with van der Waals surface area (Å²) in [6.07, 6.45) is 4.88. The number of thiazole rings is 1. The molecule has 0 N–H and O–H groups in total. The molecule has 0 atom stereocenters. The molecule has 1 aliphatic rings. The Morgan fingerprint density at radius 3 is 2.41 bits per heavy atom. The van der Waals surface area contributed by atoms with Crippen molar-refractivity contribution in [2.75, 3.05) is 19.7 Å². The largest absolute Gasteiger partial charge is 0.492 e. The quantitative estimate of drug-likeness (QED) is 0.211. The molecule has 1 amide bonds. The first kappa shape index (κ1) is 29.1. The molecule has 0 bridgehead atoms. The SMILES string of the molecule is CCOc1ccc(Cl)cc1-n1c(C=C(C)C)c(C(=O)N2CCCCC2)cc(-c2nc(-c3ccc(Cl)cc3)cs2)c1=O. The molecule has 1 fully saturated rings. The molecule has 2 aromatic heterocycles. The van der Waals surface area contributed by atoms with E-state index >= 15 is 0 Å². The smallest absolute Gasteiger partial charge is 0.266 e. The summed E-state index contributed by atoms with van der Waals surface area (Å²) in [4.78, 5) is 35.2. The first-order valence-corrected chi connectivity index (χ1v) is 15.3. The number of nitrogens with zero attached hydrogens (tertiary/aromatic N) is 3. The number of ether oxygens (including phenoxy) is 1. The monoisotopic (exact) mass is 607 g/mol. The summed E-state index contributed by atoms with van der Waals surface area (Å²) in [7, 11) is 0. The molecule has 41 heavy (non-hydrogen) atoms. The number of carbonyl (C=O) groups is 1. The number of benzene rings is 2. The van der Waals surface area contributed by atoms with Gasteiger partial charge >= 0.3 is 0 Å². The number of hydrogen-bond acceptors (Lipinski definition) is 5. The maximum atomic E-state index is 14.4. The van der Waals surface area contributed by atoms with Gasteiger partial charge in [-0.05, 0) is 82.5 Å². The van der Waals surface area contributed by atoms with E-state index in [0.29, 0.717) is 63.0 Å². The number of rotatable bonds is 7. The molecule has 4 aromatic rings. The second-order valence-corrected chi connectivity index (χ2v) is 11.9. The molecule has 0 unspecified atom stereocenters. The van der Waals surface area contributed by atoms with Gasteiger partial charge in [0, 0.05) is 34.1 Å². The number of carbonyl (C=O) groups excluding carboxylic acids is 1. The Hall–Kier alpha value is -3.39. The molecule has 1 aliphatic heterocycles. The van der Waals surface area contributed by atoms with Crippen molar-refractivity contribution in [2.45, 2.75) is 40.0 Å². The zero-order chi connectivity index (χ0) is 29.1. The minimum atomic E-state index is -0.312. The van der Waals surface area contributed by atoms with Crippen molar-refractivity contribution in [3.05, 3.63) is 91.1 Å². The van der Waals surface area contributed by atoms with E-state index in [2.05, 4.69) is 0 Å². The highest BCUT2D eigenvalue weighted by molar-refractivity contribution is 7.13. The fraction of sp³-hybridized carbons (Fsp3) is 0.281. The highest BCUT2D eigenvalue weighted by Gasteiger charge is 2.27. The Morgan fingerprint density at radius 2 is 1.73 bits per heavy atom. The zero-order valence-electron chi connectivity index (χ0n) is 23.2. The van der Waals surface area contributed by atoms with Gasteiger partial charge in [-0.1, -0.05) is 40.9 Å². The van der Waals surface area contributed by atoms with Crippen molar-refractivity contribution < 1.29 is 9.53 Å². The van der Waals surface area contributed by atoms with Crippen molar-refractivity contribution in [1.82, 2.24) is 14.5 Å². The zero-order valence-corrected chi connectivity index (χ0v) is 25.6. The van der Waals surface area contributed by atoms with E-state index in [-0.39, 0.29) is 11.5 Å². The van der Waals surface area contributed by atoms with Gasteiger partial charge in [0.15, 0.2) is 0 Å². The summed E-state index contributed by atoms with van der Waals surface area (Å²) in [5.74, 6) is 0.388. The molecular formula is C32H31Cl2N3O3S. The van der Waals surface area contributed by atoms with Crippen LogP contribution >= 0.6 is 34.5 Å². The molecule has 3 heterocycles. The number of pyridine rings is 1. The number of piperidine rings is 1. The van der Waals surface area contributed by atoms with Crippen LogP contribution in [-0.2, 0) is 0 Å². The molecule has 2 aromatic carbocycles. The van der Waals surface area contributed by atoms with Crippen LogP contribution in [-0.4, -0.2) is 40.1 Å². The van der Waals surface area contributed by atoms with Crippen LogP contribution in [0.3, 0.4) is 0 Å². The fourth-order valence-corrected chi connectivity index (χ4v) is 6.10. The number of allylic oxidation sites excluding steroid dienone is 1. The predicted octanol–water partition coefficient (Wildman–Crippen LogP) is 8.38. The van der Waals surface area contributed by atoms with E-state index in [0.717, 1.165) is 36.1 Å². The number of aromatic nitrogens is 2. The lowest BCUT2D eigenvalue weighted by Gasteiger charge is -2.28. The van der Waals surface area contributed by atoms with E-state index < -0.39 is 0 Å². The number of amides is 1. The van der Waals surface area contributed by atoms with Crippen LogP contribution in [0.15, 0.2) is 64.3 Å². The second-order valence-electron chi connectivity index (χ2n) is 10.2. The van der Waals surface area contributed by atoms with E-state index in [9.17, 15) is 9.59 Å². The minimum Gasteiger partial charge on any atom is -0.492 e. The van der Waals surface area contributed by atoms with Gasteiger partial charge in [-0.2, -0.15) is 0 Å². The molecular weight excluding hydrogens is 577 g/mol. The fourth-order valence-electron chi connectivity index (χ4n) is 4.97. The highest BCUT2D eigenvalue weighted by Crippen LogP contribution is 2.33. The lowest BCUT2D eigenvalue weighted by Crippen LogP contribution is -2.37. The molecule has 0 radical (unpaired) electrons. The number of hydrogen-bond donors (Lipinski definition) is 0. The van der Waals surface area contributed by atoms with Gasteiger partial charge < -0.3 is 9.64 Å². The van der Waals surface area contributed by atoms with Crippen LogP contribution in [0.4, 0.5) is 0 Å². The Morgan fingerprint density at radius 1 is 1.02 bits per heavy atom. The summed E-state index contributed by atoms with van der Waals surface area (Å²) in [5, 5.41) is 3.51. The summed E-state index contributed by atoms with van der Waals surface area (Å²) in [5.41, 5.74) is 3.98. The number of halogens is 2. The van der Waals surface area contributed by atoms with Crippen molar-refractivity contribution in [3.8, 4) is 33.3 Å². The average Bonchev–Trinajstić information content (AvgIpc) is 3.45. The lowest BCUT2D eigenvalue weighted by molar-refractivity contribution is 0.0723. The van der Waals surface area contributed by atoms with E-state index in [4.69, 9.17) is 32.9 Å². The van der Waals surface area contributed by atoms with Gasteiger partial charge in [0.1, 0.15) is 10.8 Å². The summed E-state index contributed by atoms with van der Waals surface area (Å²) in [6.45, 7) is 7.53. The van der Waals surface area contributed by atoms with Crippen LogP contribution in [0.1, 0.15) is 56.1 Å². The van der Waals surface area contributed by atoms with Crippen LogP contribution in [0.2, 0.25) is 10.0 Å². The topological polar surface area (TPSA) is 64.4 Å².